The van der Waals surface area contributed by atoms with Crippen molar-refractivity contribution in [1.29, 1.82) is 0 Å². The Balaban J connectivity index is 0.00000242. The summed E-state index contributed by atoms with van der Waals surface area (Å²) in [6, 6.07) is 5.45. The van der Waals surface area contributed by atoms with Crippen LogP contribution in [0.15, 0.2) is 18.2 Å². The van der Waals surface area contributed by atoms with Gasteiger partial charge in [0.2, 0.25) is 5.91 Å². The van der Waals surface area contributed by atoms with E-state index >= 15 is 0 Å². The lowest BCUT2D eigenvalue weighted by molar-refractivity contribution is -0.120. The number of piperidine rings is 1. The second-order valence-electron chi connectivity index (χ2n) is 5.56. The summed E-state index contributed by atoms with van der Waals surface area (Å²) in [6.45, 7) is 5.64. The molecule has 1 aromatic rings. The Hall–Kier alpha value is -1.46. The number of carbonyl (C=O) groups excluding carboxylic acids is 1. The molecule has 5 nitrogen and oxygen atoms in total. The van der Waals surface area contributed by atoms with Gasteiger partial charge in [0, 0.05) is 12.6 Å². The van der Waals surface area contributed by atoms with E-state index in [1.54, 1.807) is 13.2 Å². The molecule has 2 rings (SSSR count). The van der Waals surface area contributed by atoms with Crippen molar-refractivity contribution in [2.45, 2.75) is 32.8 Å². The van der Waals surface area contributed by atoms with Gasteiger partial charge in [-0.1, -0.05) is 0 Å². The summed E-state index contributed by atoms with van der Waals surface area (Å²) in [6.07, 6.45) is 2.00. The van der Waals surface area contributed by atoms with Crippen LogP contribution in [-0.2, 0) is 4.79 Å². The first-order valence-corrected chi connectivity index (χ1v) is 7.46. The fourth-order valence-electron chi connectivity index (χ4n) is 2.40. The first-order chi connectivity index (χ1) is 10.1. The molecule has 0 aromatic heterocycles. The summed E-state index contributed by atoms with van der Waals surface area (Å²) in [5.74, 6) is 1.41. The van der Waals surface area contributed by atoms with E-state index in [1.807, 2.05) is 26.0 Å². The van der Waals surface area contributed by atoms with Gasteiger partial charge in [-0.05, 0) is 45.4 Å². The molecule has 1 aliphatic heterocycles. The Morgan fingerprint density at radius 1 is 1.41 bits per heavy atom. The van der Waals surface area contributed by atoms with E-state index in [4.69, 9.17) is 9.47 Å². The average Bonchev–Trinajstić information content (AvgIpc) is 2.49. The van der Waals surface area contributed by atoms with Crippen molar-refractivity contribution in [2.24, 2.45) is 5.92 Å². The molecule has 1 aliphatic rings. The summed E-state index contributed by atoms with van der Waals surface area (Å²) in [5, 5.41) is 6.23. The minimum absolute atomic E-state index is 0. The summed E-state index contributed by atoms with van der Waals surface area (Å²) >= 11 is 0. The maximum absolute atomic E-state index is 12.4. The monoisotopic (exact) mass is 328 g/mol. The maximum Gasteiger partial charge on any atom is 0.228 e. The van der Waals surface area contributed by atoms with Crippen molar-refractivity contribution in [3.8, 4) is 11.5 Å². The third-order valence-electron chi connectivity index (χ3n) is 3.47. The number of anilines is 1. The molecule has 1 unspecified atom stereocenters. The number of rotatable bonds is 5. The molecular weight excluding hydrogens is 304 g/mol. The van der Waals surface area contributed by atoms with Gasteiger partial charge in [0.25, 0.3) is 0 Å². The Bertz CT molecular complexity index is 488. The van der Waals surface area contributed by atoms with Gasteiger partial charge in [0.1, 0.15) is 11.5 Å². The predicted molar refractivity (Wildman–Crippen MR) is 90.2 cm³/mol. The van der Waals surface area contributed by atoms with E-state index in [-0.39, 0.29) is 30.3 Å². The quantitative estimate of drug-likeness (QED) is 0.872. The van der Waals surface area contributed by atoms with Crippen LogP contribution in [0.3, 0.4) is 0 Å². The van der Waals surface area contributed by atoms with Crippen LogP contribution in [-0.4, -0.2) is 32.2 Å². The fourth-order valence-corrected chi connectivity index (χ4v) is 2.40. The molecule has 6 heteroatoms. The molecule has 22 heavy (non-hydrogen) atoms. The highest BCUT2D eigenvalue weighted by Gasteiger charge is 2.22. The number of benzene rings is 1. The van der Waals surface area contributed by atoms with Crippen molar-refractivity contribution in [3.63, 3.8) is 0 Å². The maximum atomic E-state index is 12.4. The van der Waals surface area contributed by atoms with Crippen LogP contribution in [0.2, 0.25) is 0 Å². The highest BCUT2D eigenvalue weighted by molar-refractivity contribution is 5.94. The molecule has 1 heterocycles. The average molecular weight is 329 g/mol. The lowest BCUT2D eigenvalue weighted by atomic mass is 9.99. The number of methoxy groups -OCH3 is 1. The minimum atomic E-state index is 0. The standard InChI is InChI=1S/C16H24N2O3.ClH/c1-11(2)21-15-7-6-13(20-3)9-14(15)18-16(19)12-5-4-8-17-10-12;/h6-7,9,11-12,17H,4-5,8,10H2,1-3H3,(H,18,19);1H. The molecule has 0 spiro atoms. The Morgan fingerprint density at radius 3 is 2.77 bits per heavy atom. The molecule has 0 aliphatic carbocycles. The number of halogens is 1. The Labute approximate surface area is 138 Å². The third kappa shape index (κ3) is 5.07. The molecule has 1 amide bonds. The SMILES string of the molecule is COc1ccc(OC(C)C)c(NC(=O)C2CCCNC2)c1.Cl. The molecule has 1 saturated heterocycles. The van der Waals surface area contributed by atoms with Gasteiger partial charge in [-0.25, -0.2) is 0 Å². The Morgan fingerprint density at radius 2 is 2.18 bits per heavy atom. The van der Waals surface area contributed by atoms with Crippen LogP contribution in [0.1, 0.15) is 26.7 Å². The van der Waals surface area contributed by atoms with Gasteiger partial charge in [0.15, 0.2) is 0 Å². The van der Waals surface area contributed by atoms with Gasteiger partial charge >= 0.3 is 0 Å². The second-order valence-corrected chi connectivity index (χ2v) is 5.56. The van der Waals surface area contributed by atoms with Crippen molar-refractivity contribution >= 4 is 24.0 Å². The zero-order valence-corrected chi connectivity index (χ0v) is 14.2. The summed E-state index contributed by atoms with van der Waals surface area (Å²) in [7, 11) is 1.61. The molecular formula is C16H25ClN2O3. The molecule has 1 atom stereocenters. The first kappa shape index (κ1) is 18.6. The molecule has 1 fully saturated rings. The summed E-state index contributed by atoms with van der Waals surface area (Å²) in [5.41, 5.74) is 0.665. The van der Waals surface area contributed by atoms with E-state index in [0.29, 0.717) is 17.2 Å². The van der Waals surface area contributed by atoms with Gasteiger partial charge in [-0.3, -0.25) is 4.79 Å². The van der Waals surface area contributed by atoms with E-state index in [2.05, 4.69) is 10.6 Å². The molecule has 1 aromatic carbocycles. The minimum Gasteiger partial charge on any atom is -0.497 e. The topological polar surface area (TPSA) is 59.6 Å². The van der Waals surface area contributed by atoms with Crippen LogP contribution < -0.4 is 20.1 Å². The molecule has 0 bridgehead atoms. The van der Waals surface area contributed by atoms with Crippen LogP contribution in [0.4, 0.5) is 5.69 Å². The number of ether oxygens (including phenoxy) is 2. The zero-order chi connectivity index (χ0) is 15.2. The van der Waals surface area contributed by atoms with Crippen molar-refractivity contribution < 1.29 is 14.3 Å². The highest BCUT2D eigenvalue weighted by Crippen LogP contribution is 2.30. The third-order valence-corrected chi connectivity index (χ3v) is 3.47. The van der Waals surface area contributed by atoms with Gasteiger partial charge in [-0.2, -0.15) is 0 Å². The fraction of sp³-hybridized carbons (Fsp3) is 0.562. The van der Waals surface area contributed by atoms with Crippen LogP contribution in [0.5, 0.6) is 11.5 Å². The molecule has 2 N–H and O–H groups in total. The van der Waals surface area contributed by atoms with E-state index in [0.717, 1.165) is 25.9 Å². The van der Waals surface area contributed by atoms with Crippen LogP contribution in [0.25, 0.3) is 0 Å². The van der Waals surface area contributed by atoms with Crippen LogP contribution in [0, 0.1) is 5.92 Å². The normalized spacial score (nSPS) is 17.5. The molecule has 0 saturated carbocycles. The van der Waals surface area contributed by atoms with Crippen molar-refractivity contribution in [2.75, 3.05) is 25.5 Å². The van der Waals surface area contributed by atoms with E-state index < -0.39 is 0 Å². The number of carbonyl (C=O) groups is 1. The predicted octanol–water partition coefficient (Wildman–Crippen LogP) is 2.84. The van der Waals surface area contributed by atoms with Gasteiger partial charge in [0.05, 0.1) is 24.8 Å². The van der Waals surface area contributed by atoms with Crippen molar-refractivity contribution in [3.05, 3.63) is 18.2 Å². The van der Waals surface area contributed by atoms with Gasteiger partial charge < -0.3 is 20.1 Å². The molecule has 0 radical (unpaired) electrons. The lowest BCUT2D eigenvalue weighted by Gasteiger charge is -2.23. The summed E-state index contributed by atoms with van der Waals surface area (Å²) < 4.78 is 11.0. The number of hydrogen-bond acceptors (Lipinski definition) is 4. The van der Waals surface area contributed by atoms with E-state index in [1.165, 1.54) is 0 Å². The number of amides is 1. The van der Waals surface area contributed by atoms with Crippen molar-refractivity contribution in [1.82, 2.24) is 5.32 Å². The van der Waals surface area contributed by atoms with Crippen LogP contribution >= 0.6 is 12.4 Å². The number of nitrogens with one attached hydrogen (secondary N) is 2. The Kier molecular flexibility index (Phi) is 7.48. The summed E-state index contributed by atoms with van der Waals surface area (Å²) in [4.78, 5) is 12.4. The smallest absolute Gasteiger partial charge is 0.228 e. The first-order valence-electron chi connectivity index (χ1n) is 7.46. The zero-order valence-electron chi connectivity index (χ0n) is 13.3. The lowest BCUT2D eigenvalue weighted by Crippen LogP contribution is -2.37. The highest BCUT2D eigenvalue weighted by atomic mass is 35.5. The van der Waals surface area contributed by atoms with E-state index in [9.17, 15) is 4.79 Å². The largest absolute Gasteiger partial charge is 0.497 e. The second kappa shape index (κ2) is 8.86. The number of hydrogen-bond donors (Lipinski definition) is 2. The molecule has 124 valence electrons. The van der Waals surface area contributed by atoms with Gasteiger partial charge in [-0.15, -0.1) is 12.4 Å².